The van der Waals surface area contributed by atoms with Crippen LogP contribution in [-0.4, -0.2) is 39.5 Å². The van der Waals surface area contributed by atoms with Gasteiger partial charge >= 0.3 is 11.7 Å². The predicted octanol–water partition coefficient (Wildman–Crippen LogP) is 5.98. The predicted molar refractivity (Wildman–Crippen MR) is 147 cm³/mol. The molecule has 0 bridgehead atoms. The van der Waals surface area contributed by atoms with Crippen molar-refractivity contribution in [3.63, 3.8) is 0 Å². The molecule has 12 heteroatoms. The number of benzene rings is 2. The first-order valence-corrected chi connectivity index (χ1v) is 13.4. The highest BCUT2D eigenvalue weighted by Crippen LogP contribution is 2.35. The van der Waals surface area contributed by atoms with Crippen molar-refractivity contribution in [2.45, 2.75) is 58.0 Å². The third-order valence-corrected chi connectivity index (χ3v) is 7.00. The van der Waals surface area contributed by atoms with E-state index in [0.29, 0.717) is 16.7 Å². The molecule has 1 heterocycles. The number of carbonyl (C=O) groups excluding carboxylic acids is 1. The molecule has 0 aliphatic heterocycles. The molecule has 38 heavy (non-hydrogen) atoms. The minimum absolute atomic E-state index is 0.0369. The van der Waals surface area contributed by atoms with Gasteiger partial charge in [0.25, 0.3) is 5.56 Å². The van der Waals surface area contributed by atoms with Crippen LogP contribution in [0.15, 0.2) is 44.7 Å². The number of rotatable bonds is 8. The first-order chi connectivity index (χ1) is 18.2. The van der Waals surface area contributed by atoms with E-state index in [4.69, 9.17) is 26.1 Å². The first kappa shape index (κ1) is 27.7. The molecule has 10 nitrogen and oxygen atoms in total. The van der Waals surface area contributed by atoms with Crippen molar-refractivity contribution in [1.82, 2.24) is 9.66 Å². The molecule has 0 radical (unpaired) electrons. The monoisotopic (exact) mass is 604 g/mol. The average molecular weight is 606 g/mol. The summed E-state index contributed by atoms with van der Waals surface area (Å²) in [7, 11) is 0. The van der Waals surface area contributed by atoms with Crippen LogP contribution in [0.2, 0.25) is 5.02 Å². The number of nitrogens with zero attached hydrogens (tertiary/aromatic N) is 4. The molecule has 1 aliphatic carbocycles. The fraction of sp³-hybridized carbons (Fsp3) is 0.385. The normalized spacial score (nSPS) is 15.1. The van der Waals surface area contributed by atoms with Crippen LogP contribution in [-0.2, 0) is 9.53 Å². The Balaban J connectivity index is 1.86. The number of nitro benzene ring substituents is 1. The summed E-state index contributed by atoms with van der Waals surface area (Å²) in [6.45, 7) is 3.20. The number of carbonyl (C=O) groups is 1. The first-order valence-electron chi connectivity index (χ1n) is 12.3. The maximum Gasteiger partial charge on any atom is 0.347 e. The maximum atomic E-state index is 13.6. The van der Waals surface area contributed by atoms with Gasteiger partial charge < -0.3 is 9.47 Å². The van der Waals surface area contributed by atoms with Crippen molar-refractivity contribution >= 4 is 56.3 Å². The third-order valence-electron chi connectivity index (χ3n) is 6.29. The summed E-state index contributed by atoms with van der Waals surface area (Å²) in [5.74, 6) is -0.332. The van der Waals surface area contributed by atoms with Gasteiger partial charge in [-0.2, -0.15) is 9.78 Å². The molecule has 1 saturated carbocycles. The summed E-state index contributed by atoms with van der Waals surface area (Å²) in [4.78, 5) is 41.7. The molecule has 200 valence electrons. The zero-order valence-corrected chi connectivity index (χ0v) is 23.2. The highest BCUT2D eigenvalue weighted by molar-refractivity contribution is 9.10. The third kappa shape index (κ3) is 6.05. The van der Waals surface area contributed by atoms with E-state index in [0.717, 1.165) is 42.6 Å². The van der Waals surface area contributed by atoms with Gasteiger partial charge in [0.15, 0.2) is 6.10 Å². The van der Waals surface area contributed by atoms with E-state index in [1.165, 1.54) is 23.9 Å². The van der Waals surface area contributed by atoms with Gasteiger partial charge in [-0.3, -0.25) is 14.9 Å². The van der Waals surface area contributed by atoms with Gasteiger partial charge in [0.1, 0.15) is 5.82 Å². The van der Waals surface area contributed by atoms with Crippen molar-refractivity contribution < 1.29 is 19.2 Å². The summed E-state index contributed by atoms with van der Waals surface area (Å²) in [6.07, 6.45) is 5.04. The highest BCUT2D eigenvalue weighted by atomic mass is 79.9. The molecular formula is C26H26BrClN4O6. The Labute approximate surface area is 231 Å². The zero-order valence-electron chi connectivity index (χ0n) is 20.9. The fourth-order valence-electron chi connectivity index (χ4n) is 4.47. The maximum absolute atomic E-state index is 13.6. The minimum atomic E-state index is -1.14. The van der Waals surface area contributed by atoms with Crippen molar-refractivity contribution in [1.29, 1.82) is 0 Å². The zero-order chi connectivity index (χ0) is 27.4. The highest BCUT2D eigenvalue weighted by Gasteiger charge is 2.27. The second-order valence-electron chi connectivity index (χ2n) is 8.94. The van der Waals surface area contributed by atoms with Gasteiger partial charge in [0.05, 0.1) is 28.6 Å². The minimum Gasteiger partial charge on any atom is -0.471 e. The number of halogens is 2. The molecule has 0 unspecified atom stereocenters. The van der Waals surface area contributed by atoms with E-state index in [1.54, 1.807) is 19.1 Å². The number of aromatic nitrogens is 2. The smallest absolute Gasteiger partial charge is 0.347 e. The van der Waals surface area contributed by atoms with Crippen molar-refractivity contribution in [2.24, 2.45) is 5.10 Å². The van der Waals surface area contributed by atoms with E-state index in [2.05, 4.69) is 21.0 Å². The molecule has 1 fully saturated rings. The number of ether oxygens (including phenoxy) is 2. The summed E-state index contributed by atoms with van der Waals surface area (Å²) in [6, 6.07) is 7.83. The number of esters is 1. The Morgan fingerprint density at radius 3 is 2.74 bits per heavy atom. The Kier molecular flexibility index (Phi) is 8.78. The molecule has 4 rings (SSSR count). The molecule has 1 aromatic heterocycles. The van der Waals surface area contributed by atoms with Crippen LogP contribution in [0.4, 0.5) is 5.69 Å². The lowest BCUT2D eigenvalue weighted by Gasteiger charge is -2.22. The summed E-state index contributed by atoms with van der Waals surface area (Å²) >= 11 is 9.58. The Bertz CT molecular complexity index is 1470. The molecule has 0 saturated heterocycles. The molecule has 0 amide bonds. The van der Waals surface area contributed by atoms with Crippen molar-refractivity contribution in [2.75, 3.05) is 6.61 Å². The summed E-state index contributed by atoms with van der Waals surface area (Å²) in [5.41, 5.74) is -0.130. The fourth-order valence-corrected chi connectivity index (χ4v) is 5.05. The molecule has 0 spiro atoms. The molecular weight excluding hydrogens is 580 g/mol. The van der Waals surface area contributed by atoms with Crippen molar-refractivity contribution in [3.8, 4) is 5.75 Å². The number of hydrogen-bond donors (Lipinski definition) is 0. The standard InChI is InChI=1S/C26H26BrClN4O6/c1-3-37-26(34)15(2)38-23-17(11-19(28)13-22(23)32(35)36)14-29-31-24(16-7-5-4-6-8-16)30-21-10-9-18(27)12-20(21)25(31)33/h9-16H,3-8H2,1-2H3/t15-/m0/s1. The second kappa shape index (κ2) is 12.0. The molecule has 1 atom stereocenters. The van der Waals surface area contributed by atoms with Gasteiger partial charge in [-0.25, -0.2) is 9.78 Å². The van der Waals surface area contributed by atoms with Gasteiger partial charge in [-0.1, -0.05) is 46.8 Å². The molecule has 2 aromatic carbocycles. The van der Waals surface area contributed by atoms with Crippen LogP contribution in [0.25, 0.3) is 10.9 Å². The van der Waals surface area contributed by atoms with Gasteiger partial charge in [0.2, 0.25) is 5.75 Å². The number of fused-ring (bicyclic) bond motifs is 1. The molecule has 3 aromatic rings. The Morgan fingerprint density at radius 2 is 2.05 bits per heavy atom. The topological polar surface area (TPSA) is 126 Å². The van der Waals surface area contributed by atoms with E-state index >= 15 is 0 Å². The van der Waals surface area contributed by atoms with E-state index in [9.17, 15) is 19.7 Å². The van der Waals surface area contributed by atoms with Gasteiger partial charge in [0, 0.05) is 27.0 Å². The Hall–Kier alpha value is -3.31. The van der Waals surface area contributed by atoms with Crippen LogP contribution < -0.4 is 10.3 Å². The molecule has 1 aliphatic rings. The summed E-state index contributed by atoms with van der Waals surface area (Å²) in [5, 5.41) is 16.7. The van der Waals surface area contributed by atoms with E-state index in [-0.39, 0.29) is 34.4 Å². The number of hydrogen-bond acceptors (Lipinski definition) is 8. The lowest BCUT2D eigenvalue weighted by Crippen LogP contribution is -2.27. The second-order valence-corrected chi connectivity index (χ2v) is 10.3. The lowest BCUT2D eigenvalue weighted by atomic mass is 9.88. The lowest BCUT2D eigenvalue weighted by molar-refractivity contribution is -0.386. The average Bonchev–Trinajstić information content (AvgIpc) is 2.89. The van der Waals surface area contributed by atoms with Gasteiger partial charge in [-0.15, -0.1) is 0 Å². The van der Waals surface area contributed by atoms with Crippen LogP contribution in [0.5, 0.6) is 5.75 Å². The number of nitro groups is 1. The van der Waals surface area contributed by atoms with Crippen molar-refractivity contribution in [3.05, 3.63) is 71.7 Å². The molecule has 0 N–H and O–H groups in total. The largest absolute Gasteiger partial charge is 0.471 e. The van der Waals surface area contributed by atoms with Crippen LogP contribution in [0, 0.1) is 10.1 Å². The van der Waals surface area contributed by atoms with Gasteiger partial charge in [-0.05, 0) is 51.0 Å². The SMILES string of the molecule is CCOC(=O)[C@H](C)Oc1c(C=Nn2c(C3CCCCC3)nc3ccc(Br)cc3c2=O)cc(Cl)cc1[N+](=O)[O-]. The quantitative estimate of drug-likeness (QED) is 0.134. The van der Waals surface area contributed by atoms with Crippen LogP contribution in [0.3, 0.4) is 0 Å². The summed E-state index contributed by atoms with van der Waals surface area (Å²) < 4.78 is 12.6. The van der Waals surface area contributed by atoms with Crippen LogP contribution in [0.1, 0.15) is 63.3 Å². The Morgan fingerprint density at radius 1 is 1.32 bits per heavy atom. The van der Waals surface area contributed by atoms with E-state index < -0.39 is 22.7 Å². The van der Waals surface area contributed by atoms with Crippen LogP contribution >= 0.6 is 27.5 Å². The van der Waals surface area contributed by atoms with E-state index in [1.807, 2.05) is 6.07 Å².